The van der Waals surface area contributed by atoms with Crippen LogP contribution in [0.3, 0.4) is 0 Å². The molecule has 1 N–H and O–H groups in total. The first-order chi connectivity index (χ1) is 10.2. The highest BCUT2D eigenvalue weighted by atomic mass is 32.1. The molecule has 1 saturated carbocycles. The smallest absolute Gasteiger partial charge is 0.0897 e. The molecule has 0 aliphatic heterocycles. The second-order valence-corrected chi connectivity index (χ2v) is 7.19. The quantitative estimate of drug-likeness (QED) is 0.785. The van der Waals surface area contributed by atoms with Gasteiger partial charge in [-0.1, -0.05) is 26.2 Å². The van der Waals surface area contributed by atoms with Crippen molar-refractivity contribution in [3.8, 4) is 0 Å². The number of ether oxygens (including phenoxy) is 1. The SMILES string of the molecule is CCCNC(Cc1csc(C)n1)C1(OCC)CCCCC1. The molecule has 21 heavy (non-hydrogen) atoms. The molecule has 0 saturated heterocycles. The maximum Gasteiger partial charge on any atom is 0.0897 e. The Kier molecular flexibility index (Phi) is 6.65. The van der Waals surface area contributed by atoms with E-state index in [-0.39, 0.29) is 5.60 Å². The Hall–Kier alpha value is -0.450. The topological polar surface area (TPSA) is 34.2 Å². The molecule has 0 radical (unpaired) electrons. The summed E-state index contributed by atoms with van der Waals surface area (Å²) in [6, 6.07) is 0.388. The van der Waals surface area contributed by atoms with Crippen LogP contribution in [0.5, 0.6) is 0 Å². The predicted octanol–water partition coefficient (Wildman–Crippen LogP) is 4.10. The lowest BCUT2D eigenvalue weighted by atomic mass is 9.77. The number of hydrogen-bond acceptors (Lipinski definition) is 4. The van der Waals surface area contributed by atoms with Gasteiger partial charge >= 0.3 is 0 Å². The van der Waals surface area contributed by atoms with Gasteiger partial charge in [-0.15, -0.1) is 11.3 Å². The molecule has 0 spiro atoms. The van der Waals surface area contributed by atoms with Crippen LogP contribution in [0.2, 0.25) is 0 Å². The van der Waals surface area contributed by atoms with E-state index >= 15 is 0 Å². The van der Waals surface area contributed by atoms with Gasteiger partial charge in [0.1, 0.15) is 0 Å². The second-order valence-electron chi connectivity index (χ2n) is 6.13. The fourth-order valence-electron chi connectivity index (χ4n) is 3.50. The maximum absolute atomic E-state index is 6.32. The number of aromatic nitrogens is 1. The van der Waals surface area contributed by atoms with Gasteiger partial charge in [0.25, 0.3) is 0 Å². The first kappa shape index (κ1) is 16.9. The summed E-state index contributed by atoms with van der Waals surface area (Å²) in [5, 5.41) is 7.13. The minimum Gasteiger partial charge on any atom is -0.374 e. The monoisotopic (exact) mass is 310 g/mol. The molecule has 3 nitrogen and oxygen atoms in total. The lowest BCUT2D eigenvalue weighted by Gasteiger charge is -2.43. The van der Waals surface area contributed by atoms with Crippen molar-refractivity contribution in [1.29, 1.82) is 0 Å². The molecule has 0 amide bonds. The molecule has 1 aromatic heterocycles. The lowest BCUT2D eigenvalue weighted by Crippen LogP contribution is -2.55. The molecule has 120 valence electrons. The van der Waals surface area contributed by atoms with E-state index in [0.717, 1.165) is 31.0 Å². The summed E-state index contributed by atoms with van der Waals surface area (Å²) in [5.74, 6) is 0. The molecular formula is C17H30N2OS. The number of thiazole rings is 1. The third kappa shape index (κ3) is 4.51. The van der Waals surface area contributed by atoms with E-state index in [0.29, 0.717) is 6.04 Å². The minimum atomic E-state index is 0.0136. The van der Waals surface area contributed by atoms with Crippen LogP contribution in [0.1, 0.15) is 63.1 Å². The van der Waals surface area contributed by atoms with Gasteiger partial charge in [-0.05, 0) is 39.7 Å². The largest absolute Gasteiger partial charge is 0.374 e. The van der Waals surface area contributed by atoms with Crippen LogP contribution >= 0.6 is 11.3 Å². The minimum absolute atomic E-state index is 0.0136. The molecule has 4 heteroatoms. The van der Waals surface area contributed by atoms with Crippen LogP contribution in [0.15, 0.2) is 5.38 Å². The van der Waals surface area contributed by atoms with E-state index in [1.165, 1.54) is 37.8 Å². The Labute approximate surface area is 133 Å². The van der Waals surface area contributed by atoms with Crippen LogP contribution in [-0.4, -0.2) is 29.8 Å². The summed E-state index contributed by atoms with van der Waals surface area (Å²) in [6.07, 6.45) is 8.46. The van der Waals surface area contributed by atoms with Crippen LogP contribution in [0, 0.1) is 6.92 Å². The van der Waals surface area contributed by atoms with Crippen molar-refractivity contribution in [2.24, 2.45) is 0 Å². The number of rotatable bonds is 8. The summed E-state index contributed by atoms with van der Waals surface area (Å²) >= 11 is 1.75. The van der Waals surface area contributed by atoms with Gasteiger partial charge in [0, 0.05) is 24.4 Å². The molecule has 1 atom stereocenters. The predicted molar refractivity (Wildman–Crippen MR) is 90.1 cm³/mol. The Morgan fingerprint density at radius 2 is 2.10 bits per heavy atom. The van der Waals surface area contributed by atoms with E-state index in [1.807, 2.05) is 0 Å². The average Bonchev–Trinajstić information content (AvgIpc) is 2.90. The number of aryl methyl sites for hydroxylation is 1. The Bertz CT molecular complexity index is 407. The summed E-state index contributed by atoms with van der Waals surface area (Å²) < 4.78 is 6.32. The molecule has 1 aliphatic rings. The molecule has 2 rings (SSSR count). The third-order valence-electron chi connectivity index (χ3n) is 4.49. The van der Waals surface area contributed by atoms with E-state index in [4.69, 9.17) is 4.74 Å². The molecule has 1 aromatic rings. The van der Waals surface area contributed by atoms with Crippen molar-refractivity contribution in [2.75, 3.05) is 13.2 Å². The van der Waals surface area contributed by atoms with Crippen molar-refractivity contribution in [1.82, 2.24) is 10.3 Å². The van der Waals surface area contributed by atoms with Crippen molar-refractivity contribution < 1.29 is 4.74 Å². The Morgan fingerprint density at radius 1 is 1.33 bits per heavy atom. The zero-order valence-electron chi connectivity index (χ0n) is 13.8. The highest BCUT2D eigenvalue weighted by molar-refractivity contribution is 7.09. The first-order valence-electron chi connectivity index (χ1n) is 8.48. The maximum atomic E-state index is 6.32. The van der Waals surface area contributed by atoms with Gasteiger partial charge in [0.2, 0.25) is 0 Å². The summed E-state index contributed by atoms with van der Waals surface area (Å²) in [5.41, 5.74) is 1.23. The normalized spacial score (nSPS) is 19.6. The van der Waals surface area contributed by atoms with Gasteiger partial charge in [-0.3, -0.25) is 0 Å². The number of nitrogens with one attached hydrogen (secondary N) is 1. The average molecular weight is 311 g/mol. The Morgan fingerprint density at radius 3 is 2.67 bits per heavy atom. The zero-order chi connectivity index (χ0) is 15.1. The van der Waals surface area contributed by atoms with Gasteiger partial charge in [0.05, 0.1) is 16.3 Å². The molecule has 0 aromatic carbocycles. The van der Waals surface area contributed by atoms with Gasteiger partial charge in [-0.25, -0.2) is 4.98 Å². The molecule has 1 fully saturated rings. The fraction of sp³-hybridized carbons (Fsp3) is 0.824. The molecule has 1 aliphatic carbocycles. The zero-order valence-corrected chi connectivity index (χ0v) is 14.6. The summed E-state index contributed by atoms with van der Waals surface area (Å²) in [4.78, 5) is 4.67. The van der Waals surface area contributed by atoms with Crippen molar-refractivity contribution in [3.05, 3.63) is 16.1 Å². The fourth-order valence-corrected chi connectivity index (χ4v) is 4.13. The van der Waals surface area contributed by atoms with E-state index in [2.05, 4.69) is 36.5 Å². The van der Waals surface area contributed by atoms with Crippen molar-refractivity contribution in [2.45, 2.75) is 77.4 Å². The highest BCUT2D eigenvalue weighted by Crippen LogP contribution is 2.36. The van der Waals surface area contributed by atoms with E-state index in [1.54, 1.807) is 11.3 Å². The lowest BCUT2D eigenvalue weighted by molar-refractivity contribution is -0.0898. The van der Waals surface area contributed by atoms with Crippen molar-refractivity contribution >= 4 is 11.3 Å². The molecule has 0 bridgehead atoms. The van der Waals surface area contributed by atoms with Gasteiger partial charge in [-0.2, -0.15) is 0 Å². The van der Waals surface area contributed by atoms with E-state index in [9.17, 15) is 0 Å². The highest BCUT2D eigenvalue weighted by Gasteiger charge is 2.40. The van der Waals surface area contributed by atoms with Crippen molar-refractivity contribution in [3.63, 3.8) is 0 Å². The molecular weight excluding hydrogens is 280 g/mol. The van der Waals surface area contributed by atoms with Gasteiger partial charge < -0.3 is 10.1 Å². The molecule has 1 unspecified atom stereocenters. The van der Waals surface area contributed by atoms with Crippen LogP contribution in [0.4, 0.5) is 0 Å². The van der Waals surface area contributed by atoms with Crippen LogP contribution < -0.4 is 5.32 Å². The van der Waals surface area contributed by atoms with E-state index < -0.39 is 0 Å². The third-order valence-corrected chi connectivity index (χ3v) is 5.31. The van der Waals surface area contributed by atoms with Crippen LogP contribution in [0.25, 0.3) is 0 Å². The summed E-state index contributed by atoms with van der Waals surface area (Å²) in [6.45, 7) is 8.30. The molecule has 1 heterocycles. The van der Waals surface area contributed by atoms with Crippen LogP contribution in [-0.2, 0) is 11.2 Å². The number of hydrogen-bond donors (Lipinski definition) is 1. The Balaban J connectivity index is 2.14. The summed E-state index contributed by atoms with van der Waals surface area (Å²) in [7, 11) is 0. The number of nitrogens with zero attached hydrogens (tertiary/aromatic N) is 1. The standard InChI is InChI=1S/C17H30N2OS/c1-4-11-18-16(12-15-13-21-14(3)19-15)17(20-5-2)9-7-6-8-10-17/h13,16,18H,4-12H2,1-3H3. The first-order valence-corrected chi connectivity index (χ1v) is 9.36. The van der Waals surface area contributed by atoms with Gasteiger partial charge in [0.15, 0.2) is 0 Å². The second kappa shape index (κ2) is 8.25.